The predicted octanol–water partition coefficient (Wildman–Crippen LogP) is -0.226. The van der Waals surface area contributed by atoms with Crippen LogP contribution >= 0.6 is 0 Å². The molecule has 0 aromatic carbocycles. The van der Waals surface area contributed by atoms with Gasteiger partial charge in [0.1, 0.15) is 0 Å². The van der Waals surface area contributed by atoms with E-state index in [0.717, 1.165) is 19.6 Å². The zero-order valence-electron chi connectivity index (χ0n) is 9.69. The third-order valence-corrected chi connectivity index (χ3v) is 4.24. The van der Waals surface area contributed by atoms with Gasteiger partial charge in [-0.05, 0) is 38.8 Å². The van der Waals surface area contributed by atoms with Gasteiger partial charge in [0.05, 0.1) is 5.75 Å². The third-order valence-electron chi connectivity index (χ3n) is 2.77. The highest BCUT2D eigenvalue weighted by molar-refractivity contribution is 7.89. The van der Waals surface area contributed by atoms with Gasteiger partial charge in [-0.15, -0.1) is 0 Å². The molecule has 1 rings (SSSR count). The van der Waals surface area contributed by atoms with Crippen molar-refractivity contribution in [2.45, 2.75) is 25.7 Å². The lowest BCUT2D eigenvalue weighted by atomic mass is 10.4. The summed E-state index contributed by atoms with van der Waals surface area (Å²) >= 11 is 0. The molecule has 1 fully saturated rings. The monoisotopic (exact) mass is 250 g/mol. The second-order valence-electron chi connectivity index (χ2n) is 4.19. The molecule has 0 aliphatic carbocycles. The van der Waals surface area contributed by atoms with Crippen molar-refractivity contribution in [1.82, 2.24) is 9.62 Å². The standard InChI is InChI=1S/C10H22N2O3S/c13-9-3-4-10-16(14,15)11-5-8-12-6-1-2-7-12/h11,13H,1-10H2. The molecule has 6 heteroatoms. The van der Waals surface area contributed by atoms with E-state index in [0.29, 0.717) is 19.4 Å². The van der Waals surface area contributed by atoms with Crippen LogP contribution in [-0.2, 0) is 10.0 Å². The van der Waals surface area contributed by atoms with Gasteiger partial charge in [-0.25, -0.2) is 13.1 Å². The number of sulfonamides is 1. The first kappa shape index (κ1) is 13.9. The Bertz CT molecular complexity index is 274. The lowest BCUT2D eigenvalue weighted by Gasteiger charge is -2.14. The van der Waals surface area contributed by atoms with Gasteiger partial charge in [-0.3, -0.25) is 0 Å². The van der Waals surface area contributed by atoms with E-state index in [-0.39, 0.29) is 12.4 Å². The smallest absolute Gasteiger partial charge is 0.211 e. The van der Waals surface area contributed by atoms with E-state index in [4.69, 9.17) is 5.11 Å². The maximum Gasteiger partial charge on any atom is 0.211 e. The highest BCUT2D eigenvalue weighted by Gasteiger charge is 2.13. The molecule has 0 bridgehead atoms. The Morgan fingerprint density at radius 1 is 1.19 bits per heavy atom. The number of aliphatic hydroxyl groups is 1. The summed E-state index contributed by atoms with van der Waals surface area (Å²) in [4.78, 5) is 2.27. The average Bonchev–Trinajstić information content (AvgIpc) is 2.70. The minimum Gasteiger partial charge on any atom is -0.396 e. The van der Waals surface area contributed by atoms with E-state index in [9.17, 15) is 8.42 Å². The van der Waals surface area contributed by atoms with Gasteiger partial charge in [-0.2, -0.15) is 0 Å². The largest absolute Gasteiger partial charge is 0.396 e. The molecule has 0 radical (unpaired) electrons. The molecule has 0 aromatic heterocycles. The van der Waals surface area contributed by atoms with Crippen LogP contribution in [0.2, 0.25) is 0 Å². The number of nitrogens with one attached hydrogen (secondary N) is 1. The van der Waals surface area contributed by atoms with Gasteiger partial charge in [-0.1, -0.05) is 0 Å². The lowest BCUT2D eigenvalue weighted by molar-refractivity contribution is 0.287. The second-order valence-corrected chi connectivity index (χ2v) is 6.12. The molecule has 0 unspecified atom stereocenters. The summed E-state index contributed by atoms with van der Waals surface area (Å²) in [6, 6.07) is 0. The van der Waals surface area contributed by atoms with E-state index in [2.05, 4.69) is 9.62 Å². The zero-order valence-corrected chi connectivity index (χ0v) is 10.5. The number of unbranched alkanes of at least 4 members (excludes halogenated alkanes) is 1. The molecule has 0 atom stereocenters. The van der Waals surface area contributed by atoms with Crippen molar-refractivity contribution in [3.05, 3.63) is 0 Å². The van der Waals surface area contributed by atoms with E-state index >= 15 is 0 Å². The fraction of sp³-hybridized carbons (Fsp3) is 1.00. The molecular weight excluding hydrogens is 228 g/mol. The first-order valence-electron chi connectivity index (χ1n) is 5.94. The van der Waals surface area contributed by atoms with Crippen LogP contribution in [0.3, 0.4) is 0 Å². The van der Waals surface area contributed by atoms with Crippen molar-refractivity contribution >= 4 is 10.0 Å². The van der Waals surface area contributed by atoms with Gasteiger partial charge < -0.3 is 10.0 Å². The van der Waals surface area contributed by atoms with Gasteiger partial charge in [0.2, 0.25) is 10.0 Å². The van der Waals surface area contributed by atoms with Crippen LogP contribution in [-0.4, -0.2) is 57.0 Å². The number of aliphatic hydroxyl groups excluding tert-OH is 1. The Balaban J connectivity index is 2.09. The quantitative estimate of drug-likeness (QED) is 0.584. The summed E-state index contributed by atoms with van der Waals surface area (Å²) in [6.07, 6.45) is 3.52. The molecule has 1 saturated heterocycles. The summed E-state index contributed by atoms with van der Waals surface area (Å²) in [7, 11) is -3.13. The number of hydrogen-bond acceptors (Lipinski definition) is 4. The van der Waals surface area contributed by atoms with Crippen LogP contribution in [0.4, 0.5) is 0 Å². The van der Waals surface area contributed by atoms with Gasteiger partial charge in [0.15, 0.2) is 0 Å². The Hall–Kier alpha value is -0.170. The lowest BCUT2D eigenvalue weighted by Crippen LogP contribution is -2.34. The van der Waals surface area contributed by atoms with Gasteiger partial charge >= 0.3 is 0 Å². The van der Waals surface area contributed by atoms with Crippen LogP contribution in [0.25, 0.3) is 0 Å². The highest BCUT2D eigenvalue weighted by Crippen LogP contribution is 2.05. The first-order chi connectivity index (χ1) is 7.64. The Kier molecular flexibility index (Phi) is 6.26. The molecule has 0 aromatic rings. The van der Waals surface area contributed by atoms with Crippen molar-refractivity contribution in [2.24, 2.45) is 0 Å². The van der Waals surface area contributed by atoms with E-state index in [1.54, 1.807) is 0 Å². The van der Waals surface area contributed by atoms with Crippen LogP contribution in [0, 0.1) is 0 Å². The molecule has 96 valence electrons. The summed E-state index contributed by atoms with van der Waals surface area (Å²) < 4.78 is 25.5. The van der Waals surface area contributed by atoms with Gasteiger partial charge in [0, 0.05) is 19.7 Å². The molecule has 0 amide bonds. The number of rotatable bonds is 8. The second kappa shape index (κ2) is 7.21. The third kappa shape index (κ3) is 5.79. The fourth-order valence-corrected chi connectivity index (χ4v) is 2.97. The van der Waals surface area contributed by atoms with E-state index in [1.807, 2.05) is 0 Å². The van der Waals surface area contributed by atoms with Crippen molar-refractivity contribution < 1.29 is 13.5 Å². The fourth-order valence-electron chi connectivity index (χ4n) is 1.84. The average molecular weight is 250 g/mol. The van der Waals surface area contributed by atoms with Gasteiger partial charge in [0.25, 0.3) is 0 Å². The first-order valence-corrected chi connectivity index (χ1v) is 7.60. The normalized spacial score (nSPS) is 18.1. The summed E-state index contributed by atoms with van der Waals surface area (Å²) in [6.45, 7) is 3.54. The Morgan fingerprint density at radius 2 is 1.88 bits per heavy atom. The molecule has 0 spiro atoms. The van der Waals surface area contributed by atoms with Crippen molar-refractivity contribution in [2.75, 3.05) is 38.5 Å². The Morgan fingerprint density at radius 3 is 2.50 bits per heavy atom. The minimum atomic E-state index is -3.13. The van der Waals surface area contributed by atoms with Crippen molar-refractivity contribution in [1.29, 1.82) is 0 Å². The molecule has 1 aliphatic heterocycles. The van der Waals surface area contributed by atoms with Crippen LogP contribution < -0.4 is 4.72 Å². The summed E-state index contributed by atoms with van der Waals surface area (Å²) in [5, 5.41) is 8.56. The molecule has 5 nitrogen and oxygen atoms in total. The SMILES string of the molecule is O=S(=O)(CCCCO)NCCN1CCCC1. The molecule has 16 heavy (non-hydrogen) atoms. The van der Waals surface area contributed by atoms with Crippen molar-refractivity contribution in [3.63, 3.8) is 0 Å². The van der Waals surface area contributed by atoms with Crippen LogP contribution in [0.5, 0.6) is 0 Å². The van der Waals surface area contributed by atoms with Crippen LogP contribution in [0.15, 0.2) is 0 Å². The van der Waals surface area contributed by atoms with Crippen LogP contribution in [0.1, 0.15) is 25.7 Å². The van der Waals surface area contributed by atoms with E-state index in [1.165, 1.54) is 12.8 Å². The summed E-state index contributed by atoms with van der Waals surface area (Å²) in [5.41, 5.74) is 0. The zero-order chi connectivity index (χ0) is 11.9. The number of likely N-dealkylation sites (tertiary alicyclic amines) is 1. The predicted molar refractivity (Wildman–Crippen MR) is 63.8 cm³/mol. The molecule has 1 heterocycles. The number of hydrogen-bond donors (Lipinski definition) is 2. The Labute approximate surface area is 97.9 Å². The maximum atomic E-state index is 11.5. The van der Waals surface area contributed by atoms with E-state index < -0.39 is 10.0 Å². The minimum absolute atomic E-state index is 0.0588. The van der Waals surface area contributed by atoms with Crippen molar-refractivity contribution in [3.8, 4) is 0 Å². The maximum absolute atomic E-state index is 11.5. The molecule has 1 aliphatic rings. The summed E-state index contributed by atoms with van der Waals surface area (Å²) in [5.74, 6) is 0.119. The molecular formula is C10H22N2O3S. The number of nitrogens with zero attached hydrogens (tertiary/aromatic N) is 1. The highest BCUT2D eigenvalue weighted by atomic mass is 32.2. The molecule has 0 saturated carbocycles. The topological polar surface area (TPSA) is 69.6 Å². The molecule has 2 N–H and O–H groups in total.